The van der Waals surface area contributed by atoms with Gasteiger partial charge in [0.2, 0.25) is 0 Å². The molecule has 0 bridgehead atoms. The van der Waals surface area contributed by atoms with Crippen molar-refractivity contribution in [3.8, 4) is 5.75 Å². The van der Waals surface area contributed by atoms with E-state index in [0.29, 0.717) is 13.1 Å². The summed E-state index contributed by atoms with van der Waals surface area (Å²) in [6.07, 6.45) is 0. The van der Waals surface area contributed by atoms with Crippen LogP contribution in [0.1, 0.15) is 11.1 Å². The quantitative estimate of drug-likeness (QED) is 0.776. The second-order valence-corrected chi connectivity index (χ2v) is 3.75. The molecule has 0 aliphatic carbocycles. The van der Waals surface area contributed by atoms with Crippen LogP contribution in [-0.2, 0) is 5.67 Å². The number of hydrogen-bond acceptors (Lipinski definition) is 2. The van der Waals surface area contributed by atoms with Gasteiger partial charge in [-0.3, -0.25) is 0 Å². The van der Waals surface area contributed by atoms with Crippen molar-refractivity contribution < 1.29 is 9.13 Å². The van der Waals surface area contributed by atoms with E-state index in [4.69, 9.17) is 4.74 Å². The van der Waals surface area contributed by atoms with Gasteiger partial charge in [-0.05, 0) is 30.2 Å². The molecule has 0 saturated carbocycles. The van der Waals surface area contributed by atoms with E-state index in [2.05, 4.69) is 5.32 Å². The third-order valence-corrected chi connectivity index (χ3v) is 2.73. The fraction of sp³-hybridized carbons (Fsp3) is 0.455. The lowest BCUT2D eigenvalue weighted by Gasteiger charge is -2.36. The van der Waals surface area contributed by atoms with E-state index in [1.54, 1.807) is 7.11 Å². The Morgan fingerprint density at radius 2 is 2.14 bits per heavy atom. The molecule has 76 valence electrons. The highest BCUT2D eigenvalue weighted by Crippen LogP contribution is 2.33. The Labute approximate surface area is 83.1 Å². The highest BCUT2D eigenvalue weighted by atomic mass is 19.1. The maximum absolute atomic E-state index is 14.0. The molecule has 14 heavy (non-hydrogen) atoms. The Bertz CT molecular complexity index is 347. The van der Waals surface area contributed by atoms with Gasteiger partial charge in [0, 0.05) is 13.1 Å². The third kappa shape index (κ3) is 1.38. The number of halogens is 1. The van der Waals surface area contributed by atoms with E-state index in [1.807, 2.05) is 25.1 Å². The van der Waals surface area contributed by atoms with Gasteiger partial charge in [0.05, 0.1) is 7.11 Å². The van der Waals surface area contributed by atoms with Gasteiger partial charge >= 0.3 is 0 Å². The van der Waals surface area contributed by atoms with Crippen molar-refractivity contribution in [3.63, 3.8) is 0 Å². The van der Waals surface area contributed by atoms with Gasteiger partial charge in [0.25, 0.3) is 0 Å². The zero-order chi connectivity index (χ0) is 10.2. The van der Waals surface area contributed by atoms with Crippen LogP contribution in [0.15, 0.2) is 18.2 Å². The lowest BCUT2D eigenvalue weighted by molar-refractivity contribution is 0.0883. The average Bonchev–Trinajstić information content (AvgIpc) is 2.14. The molecule has 0 aromatic heterocycles. The lowest BCUT2D eigenvalue weighted by Crippen LogP contribution is -2.54. The Kier molecular flexibility index (Phi) is 2.19. The predicted octanol–water partition coefficient (Wildman–Crippen LogP) is 1.77. The van der Waals surface area contributed by atoms with Crippen LogP contribution in [0, 0.1) is 6.92 Å². The maximum atomic E-state index is 14.0. The number of benzene rings is 1. The zero-order valence-corrected chi connectivity index (χ0v) is 8.43. The topological polar surface area (TPSA) is 21.3 Å². The Balaban J connectivity index is 2.35. The van der Waals surface area contributed by atoms with Crippen LogP contribution >= 0.6 is 0 Å². The van der Waals surface area contributed by atoms with Crippen LogP contribution in [0.2, 0.25) is 0 Å². The fourth-order valence-corrected chi connectivity index (χ4v) is 1.80. The van der Waals surface area contributed by atoms with Gasteiger partial charge < -0.3 is 10.1 Å². The van der Waals surface area contributed by atoms with Crippen molar-refractivity contribution in [1.29, 1.82) is 0 Å². The molecule has 1 N–H and O–H groups in total. The van der Waals surface area contributed by atoms with Crippen LogP contribution in [0.4, 0.5) is 4.39 Å². The summed E-state index contributed by atoms with van der Waals surface area (Å²) in [6.45, 7) is 2.75. The summed E-state index contributed by atoms with van der Waals surface area (Å²) in [4.78, 5) is 0. The normalized spacial score (nSPS) is 18.8. The molecule has 0 radical (unpaired) electrons. The average molecular weight is 195 g/mol. The molecule has 1 heterocycles. The molecule has 3 heteroatoms. The molecule has 1 aromatic carbocycles. The van der Waals surface area contributed by atoms with Crippen molar-refractivity contribution in [2.75, 3.05) is 20.2 Å². The molecule has 2 nitrogen and oxygen atoms in total. The first-order chi connectivity index (χ1) is 6.65. The van der Waals surface area contributed by atoms with Gasteiger partial charge in [0.1, 0.15) is 5.75 Å². The summed E-state index contributed by atoms with van der Waals surface area (Å²) in [5.41, 5.74) is 0.557. The zero-order valence-electron chi connectivity index (χ0n) is 8.43. The Hall–Kier alpha value is -1.09. The van der Waals surface area contributed by atoms with Crippen LogP contribution in [0.25, 0.3) is 0 Å². The van der Waals surface area contributed by atoms with Crippen molar-refractivity contribution in [3.05, 3.63) is 29.3 Å². The maximum Gasteiger partial charge on any atom is 0.160 e. The summed E-state index contributed by atoms with van der Waals surface area (Å²) in [7, 11) is 1.62. The standard InChI is InChI=1S/C11H14FNO/c1-8-5-9(14-2)3-4-10(8)11(12)6-13-7-11/h3-5,13H,6-7H2,1-2H3. The van der Waals surface area contributed by atoms with Crippen molar-refractivity contribution in [2.24, 2.45) is 0 Å². The van der Waals surface area contributed by atoms with Crippen molar-refractivity contribution in [1.82, 2.24) is 5.32 Å². The summed E-state index contributed by atoms with van der Waals surface area (Å²) in [6, 6.07) is 5.49. The number of aryl methyl sites for hydroxylation is 1. The number of ether oxygens (including phenoxy) is 1. The van der Waals surface area contributed by atoms with Crippen LogP contribution < -0.4 is 10.1 Å². The third-order valence-electron chi connectivity index (χ3n) is 2.73. The lowest BCUT2D eigenvalue weighted by atomic mass is 9.87. The van der Waals surface area contributed by atoms with E-state index >= 15 is 0 Å². The van der Waals surface area contributed by atoms with E-state index in [-0.39, 0.29) is 0 Å². The van der Waals surface area contributed by atoms with Crippen molar-refractivity contribution in [2.45, 2.75) is 12.6 Å². The van der Waals surface area contributed by atoms with E-state index < -0.39 is 5.67 Å². The summed E-state index contributed by atoms with van der Waals surface area (Å²) >= 11 is 0. The van der Waals surface area contributed by atoms with E-state index in [1.165, 1.54) is 0 Å². The molecule has 1 aliphatic heterocycles. The second-order valence-electron chi connectivity index (χ2n) is 3.75. The van der Waals surface area contributed by atoms with Gasteiger partial charge in [-0.1, -0.05) is 6.07 Å². The van der Waals surface area contributed by atoms with Gasteiger partial charge in [-0.2, -0.15) is 0 Å². The molecular weight excluding hydrogens is 181 g/mol. The molecule has 1 saturated heterocycles. The van der Waals surface area contributed by atoms with Crippen LogP contribution in [0.5, 0.6) is 5.75 Å². The van der Waals surface area contributed by atoms with E-state index in [9.17, 15) is 4.39 Å². The van der Waals surface area contributed by atoms with Gasteiger partial charge in [-0.15, -0.1) is 0 Å². The molecule has 0 atom stereocenters. The number of rotatable bonds is 2. The van der Waals surface area contributed by atoms with Crippen LogP contribution in [-0.4, -0.2) is 20.2 Å². The number of nitrogens with one attached hydrogen (secondary N) is 1. The summed E-state index contributed by atoms with van der Waals surface area (Å²) in [5, 5.41) is 2.95. The van der Waals surface area contributed by atoms with Gasteiger partial charge in [0.15, 0.2) is 5.67 Å². The Morgan fingerprint density at radius 3 is 2.57 bits per heavy atom. The molecule has 1 aliphatic rings. The summed E-state index contributed by atoms with van der Waals surface area (Å²) in [5.74, 6) is 0.780. The molecule has 2 rings (SSSR count). The summed E-state index contributed by atoms with van der Waals surface area (Å²) < 4.78 is 19.1. The molecule has 1 fully saturated rings. The minimum absolute atomic E-state index is 0.417. The van der Waals surface area contributed by atoms with Gasteiger partial charge in [-0.25, -0.2) is 4.39 Å². The largest absolute Gasteiger partial charge is 0.497 e. The monoisotopic (exact) mass is 195 g/mol. The minimum atomic E-state index is -1.17. The first-order valence-corrected chi connectivity index (χ1v) is 4.70. The molecule has 1 aromatic rings. The predicted molar refractivity (Wildman–Crippen MR) is 53.4 cm³/mol. The van der Waals surface area contributed by atoms with Crippen LogP contribution in [0.3, 0.4) is 0 Å². The first kappa shape index (κ1) is 9.46. The highest BCUT2D eigenvalue weighted by Gasteiger charge is 2.39. The smallest absolute Gasteiger partial charge is 0.160 e. The van der Waals surface area contributed by atoms with Crippen molar-refractivity contribution >= 4 is 0 Å². The first-order valence-electron chi connectivity index (χ1n) is 4.70. The Morgan fingerprint density at radius 1 is 1.43 bits per heavy atom. The number of methoxy groups -OCH3 is 1. The second kappa shape index (κ2) is 3.24. The fourth-order valence-electron chi connectivity index (χ4n) is 1.80. The molecule has 0 spiro atoms. The molecule has 0 amide bonds. The SMILES string of the molecule is COc1ccc(C2(F)CNC2)c(C)c1. The minimum Gasteiger partial charge on any atom is -0.497 e. The molecular formula is C11H14FNO. The highest BCUT2D eigenvalue weighted by molar-refractivity contribution is 5.39. The van der Waals surface area contributed by atoms with E-state index in [0.717, 1.165) is 16.9 Å². The number of hydrogen-bond donors (Lipinski definition) is 1. The molecule has 0 unspecified atom stereocenters. The number of alkyl halides is 1.